The molecule has 1 aliphatic carbocycles. The molecule has 3 N–H and O–H groups in total. The maximum atomic E-state index is 12.3. The smallest absolute Gasteiger partial charge is 0.225 e. The minimum Gasteiger partial charge on any atom is -0.376 e. The molecule has 2 rings (SSSR count). The molecule has 0 spiro atoms. The molecule has 1 aromatic rings. The SMILES string of the molecule is CN(C)c1ccc(Br)cc1NC(=O)CC1(CN)CCC1. The molecule has 0 aromatic heterocycles. The van der Waals surface area contributed by atoms with Crippen LogP contribution in [0.2, 0.25) is 0 Å². The molecular formula is C15H22BrN3O. The highest BCUT2D eigenvalue weighted by atomic mass is 79.9. The highest BCUT2D eigenvalue weighted by Crippen LogP contribution is 2.43. The lowest BCUT2D eigenvalue weighted by Crippen LogP contribution is -2.40. The Morgan fingerprint density at radius 1 is 1.45 bits per heavy atom. The second kappa shape index (κ2) is 6.14. The van der Waals surface area contributed by atoms with Crippen LogP contribution in [0.25, 0.3) is 0 Å². The maximum Gasteiger partial charge on any atom is 0.225 e. The summed E-state index contributed by atoms with van der Waals surface area (Å²) < 4.78 is 0.954. The highest BCUT2D eigenvalue weighted by Gasteiger charge is 2.37. The zero-order valence-corrected chi connectivity index (χ0v) is 13.7. The average Bonchev–Trinajstić information content (AvgIpc) is 2.33. The summed E-state index contributed by atoms with van der Waals surface area (Å²) in [6, 6.07) is 5.89. The van der Waals surface area contributed by atoms with Gasteiger partial charge in [0.15, 0.2) is 0 Å². The zero-order chi connectivity index (χ0) is 14.8. The summed E-state index contributed by atoms with van der Waals surface area (Å²) in [5.41, 5.74) is 7.68. The molecule has 1 aromatic carbocycles. The molecule has 0 bridgehead atoms. The number of benzene rings is 1. The van der Waals surface area contributed by atoms with Crippen LogP contribution < -0.4 is 16.0 Å². The van der Waals surface area contributed by atoms with Gasteiger partial charge in [0, 0.05) is 25.0 Å². The molecule has 0 saturated heterocycles. The topological polar surface area (TPSA) is 58.4 Å². The van der Waals surface area contributed by atoms with E-state index in [2.05, 4.69) is 21.2 Å². The van der Waals surface area contributed by atoms with E-state index in [4.69, 9.17) is 5.73 Å². The second-order valence-corrected chi connectivity index (χ2v) is 6.75. The number of halogens is 1. The number of rotatable bonds is 5. The molecule has 0 atom stereocenters. The van der Waals surface area contributed by atoms with Gasteiger partial charge in [-0.05, 0) is 43.0 Å². The minimum absolute atomic E-state index is 0.0361. The summed E-state index contributed by atoms with van der Waals surface area (Å²) in [5, 5.41) is 3.02. The van der Waals surface area contributed by atoms with E-state index in [0.29, 0.717) is 13.0 Å². The van der Waals surface area contributed by atoms with Gasteiger partial charge >= 0.3 is 0 Å². The summed E-state index contributed by atoms with van der Waals surface area (Å²) in [6.07, 6.45) is 3.83. The number of hydrogen-bond donors (Lipinski definition) is 2. The van der Waals surface area contributed by atoms with Crippen molar-refractivity contribution in [2.45, 2.75) is 25.7 Å². The lowest BCUT2D eigenvalue weighted by molar-refractivity contribution is -0.119. The standard InChI is InChI=1S/C15H22BrN3O/c1-19(2)13-5-4-11(16)8-12(13)18-14(20)9-15(10-17)6-3-7-15/h4-5,8H,3,6-7,9-10,17H2,1-2H3,(H,18,20). The Hall–Kier alpha value is -1.07. The van der Waals surface area contributed by atoms with Crippen molar-refractivity contribution in [3.63, 3.8) is 0 Å². The summed E-state index contributed by atoms with van der Waals surface area (Å²) in [4.78, 5) is 14.3. The van der Waals surface area contributed by atoms with E-state index in [0.717, 1.165) is 28.7 Å². The number of nitrogens with two attached hydrogens (primary N) is 1. The molecule has 1 amide bonds. The number of nitrogens with zero attached hydrogens (tertiary/aromatic N) is 1. The van der Waals surface area contributed by atoms with Gasteiger partial charge in [-0.25, -0.2) is 0 Å². The van der Waals surface area contributed by atoms with Crippen LogP contribution in [0.3, 0.4) is 0 Å². The van der Waals surface area contributed by atoms with E-state index in [1.165, 1.54) is 6.42 Å². The van der Waals surface area contributed by atoms with Gasteiger partial charge in [0.1, 0.15) is 0 Å². The minimum atomic E-state index is 0.0361. The van der Waals surface area contributed by atoms with Gasteiger partial charge in [-0.1, -0.05) is 22.4 Å². The second-order valence-electron chi connectivity index (χ2n) is 5.84. The molecule has 1 fully saturated rings. The van der Waals surface area contributed by atoms with Gasteiger partial charge in [-0.15, -0.1) is 0 Å². The van der Waals surface area contributed by atoms with Crippen molar-refractivity contribution in [3.8, 4) is 0 Å². The first-order chi connectivity index (χ1) is 9.46. The Morgan fingerprint density at radius 2 is 2.15 bits per heavy atom. The summed E-state index contributed by atoms with van der Waals surface area (Å²) in [7, 11) is 3.93. The molecule has 1 aliphatic rings. The van der Waals surface area contributed by atoms with Crippen LogP contribution in [0.5, 0.6) is 0 Å². The molecule has 110 valence electrons. The molecule has 0 unspecified atom stereocenters. The summed E-state index contributed by atoms with van der Waals surface area (Å²) >= 11 is 3.45. The summed E-state index contributed by atoms with van der Waals surface area (Å²) in [5.74, 6) is 0.0522. The van der Waals surface area contributed by atoms with Crippen LogP contribution in [0.4, 0.5) is 11.4 Å². The van der Waals surface area contributed by atoms with Crippen molar-refractivity contribution in [1.82, 2.24) is 0 Å². The molecule has 20 heavy (non-hydrogen) atoms. The van der Waals surface area contributed by atoms with E-state index in [1.807, 2.05) is 37.2 Å². The Bertz CT molecular complexity index is 492. The van der Waals surface area contributed by atoms with Crippen molar-refractivity contribution in [2.75, 3.05) is 30.9 Å². The molecule has 0 radical (unpaired) electrons. The number of anilines is 2. The van der Waals surface area contributed by atoms with E-state index in [1.54, 1.807) is 0 Å². The van der Waals surface area contributed by atoms with E-state index >= 15 is 0 Å². The third kappa shape index (κ3) is 3.33. The van der Waals surface area contributed by atoms with E-state index in [9.17, 15) is 4.79 Å². The van der Waals surface area contributed by atoms with Crippen molar-refractivity contribution in [1.29, 1.82) is 0 Å². The van der Waals surface area contributed by atoms with Crippen LogP contribution in [0, 0.1) is 5.41 Å². The number of nitrogens with one attached hydrogen (secondary N) is 1. The van der Waals surface area contributed by atoms with Gasteiger partial charge in [-0.2, -0.15) is 0 Å². The largest absolute Gasteiger partial charge is 0.376 e. The lowest BCUT2D eigenvalue weighted by Gasteiger charge is -2.40. The van der Waals surface area contributed by atoms with Crippen LogP contribution in [-0.2, 0) is 4.79 Å². The number of carbonyl (C=O) groups is 1. The normalized spacial score (nSPS) is 16.4. The first kappa shape index (κ1) is 15.3. The van der Waals surface area contributed by atoms with Gasteiger partial charge in [0.25, 0.3) is 0 Å². The van der Waals surface area contributed by atoms with Crippen molar-refractivity contribution < 1.29 is 4.79 Å². The predicted octanol–water partition coefficient (Wildman–Crippen LogP) is 2.97. The Balaban J connectivity index is 2.09. The van der Waals surface area contributed by atoms with E-state index < -0.39 is 0 Å². The quantitative estimate of drug-likeness (QED) is 0.866. The van der Waals surface area contributed by atoms with Crippen LogP contribution in [-0.4, -0.2) is 26.5 Å². The van der Waals surface area contributed by atoms with Gasteiger partial charge in [0.05, 0.1) is 11.4 Å². The lowest BCUT2D eigenvalue weighted by atomic mass is 9.66. The van der Waals surface area contributed by atoms with Gasteiger partial charge in [-0.3, -0.25) is 4.79 Å². The Labute approximate surface area is 128 Å². The molecule has 5 heteroatoms. The molecule has 0 aliphatic heterocycles. The third-order valence-electron chi connectivity index (χ3n) is 4.10. The van der Waals surface area contributed by atoms with Crippen LogP contribution in [0.15, 0.2) is 22.7 Å². The average molecular weight is 340 g/mol. The predicted molar refractivity (Wildman–Crippen MR) is 87.1 cm³/mol. The van der Waals surface area contributed by atoms with Gasteiger partial charge in [0.2, 0.25) is 5.91 Å². The molecule has 0 heterocycles. The maximum absolute atomic E-state index is 12.3. The molecule has 4 nitrogen and oxygen atoms in total. The molecule has 1 saturated carbocycles. The number of amides is 1. The van der Waals surface area contributed by atoms with Crippen LogP contribution >= 0.6 is 15.9 Å². The fourth-order valence-corrected chi connectivity index (χ4v) is 3.02. The van der Waals surface area contributed by atoms with Crippen molar-refractivity contribution in [3.05, 3.63) is 22.7 Å². The monoisotopic (exact) mass is 339 g/mol. The molecular weight excluding hydrogens is 318 g/mol. The van der Waals surface area contributed by atoms with Crippen molar-refractivity contribution in [2.24, 2.45) is 11.1 Å². The number of hydrogen-bond acceptors (Lipinski definition) is 3. The highest BCUT2D eigenvalue weighted by molar-refractivity contribution is 9.10. The Morgan fingerprint density at radius 3 is 2.65 bits per heavy atom. The van der Waals surface area contributed by atoms with Crippen LogP contribution in [0.1, 0.15) is 25.7 Å². The fraction of sp³-hybridized carbons (Fsp3) is 0.533. The van der Waals surface area contributed by atoms with E-state index in [-0.39, 0.29) is 11.3 Å². The zero-order valence-electron chi connectivity index (χ0n) is 12.1. The summed E-state index contributed by atoms with van der Waals surface area (Å²) in [6.45, 7) is 0.597. The van der Waals surface area contributed by atoms with Crippen molar-refractivity contribution >= 4 is 33.2 Å². The number of carbonyl (C=O) groups excluding carboxylic acids is 1. The first-order valence-corrected chi connectivity index (χ1v) is 7.72. The first-order valence-electron chi connectivity index (χ1n) is 6.93. The Kier molecular flexibility index (Phi) is 4.70. The third-order valence-corrected chi connectivity index (χ3v) is 4.59. The van der Waals surface area contributed by atoms with Gasteiger partial charge < -0.3 is 16.0 Å². The fourth-order valence-electron chi connectivity index (χ4n) is 2.66.